The minimum Gasteiger partial charge on any atom is -0.352 e. The predicted octanol–water partition coefficient (Wildman–Crippen LogP) is 1.31. The summed E-state index contributed by atoms with van der Waals surface area (Å²) in [6, 6.07) is 1.39. The van der Waals surface area contributed by atoms with Crippen molar-refractivity contribution in [2.24, 2.45) is 4.99 Å². The molecular formula is C16H32IN5O. The van der Waals surface area contributed by atoms with Gasteiger partial charge >= 0.3 is 0 Å². The van der Waals surface area contributed by atoms with E-state index in [2.05, 4.69) is 25.8 Å². The summed E-state index contributed by atoms with van der Waals surface area (Å²) in [7, 11) is 1.75. The van der Waals surface area contributed by atoms with Crippen molar-refractivity contribution in [1.29, 1.82) is 0 Å². The maximum absolute atomic E-state index is 11.7. The highest BCUT2D eigenvalue weighted by Gasteiger charge is 2.30. The monoisotopic (exact) mass is 437 g/mol. The summed E-state index contributed by atoms with van der Waals surface area (Å²) in [5.41, 5.74) is 0. The Bertz CT molecular complexity index is 396. The second kappa shape index (κ2) is 10.3. The quantitative estimate of drug-likeness (QED) is 0.345. The van der Waals surface area contributed by atoms with Crippen LogP contribution >= 0.6 is 24.0 Å². The normalized spacial score (nSPS) is 23.0. The number of amides is 1. The molecular weight excluding hydrogens is 405 g/mol. The third kappa shape index (κ3) is 6.82. The first kappa shape index (κ1) is 20.5. The second-order valence-electron chi connectivity index (χ2n) is 6.71. The van der Waals surface area contributed by atoms with E-state index in [1.807, 2.05) is 13.8 Å². The molecule has 1 unspecified atom stereocenters. The van der Waals surface area contributed by atoms with E-state index < -0.39 is 0 Å². The average Bonchev–Trinajstić information content (AvgIpc) is 3.13. The van der Waals surface area contributed by atoms with Gasteiger partial charge in [-0.05, 0) is 33.1 Å². The molecule has 1 aliphatic carbocycles. The van der Waals surface area contributed by atoms with Gasteiger partial charge in [0, 0.05) is 38.3 Å². The Hall–Kier alpha value is -0.570. The summed E-state index contributed by atoms with van der Waals surface area (Å²) in [6.07, 6.45) is 6.63. The first-order valence-electron chi connectivity index (χ1n) is 8.59. The molecule has 1 saturated heterocycles. The predicted molar refractivity (Wildman–Crippen MR) is 105 cm³/mol. The Morgan fingerprint density at radius 3 is 2.57 bits per heavy atom. The van der Waals surface area contributed by atoms with Gasteiger partial charge in [-0.15, -0.1) is 24.0 Å². The van der Waals surface area contributed by atoms with Crippen molar-refractivity contribution in [3.8, 4) is 0 Å². The van der Waals surface area contributed by atoms with Crippen molar-refractivity contribution in [3.63, 3.8) is 0 Å². The van der Waals surface area contributed by atoms with Gasteiger partial charge in [0.05, 0.1) is 6.54 Å². The lowest BCUT2D eigenvalue weighted by atomic mass is 10.2. The number of hydrogen-bond donors (Lipinski definition) is 3. The van der Waals surface area contributed by atoms with Crippen LogP contribution in [-0.2, 0) is 4.79 Å². The Kier molecular flexibility index (Phi) is 9.19. The van der Waals surface area contributed by atoms with Crippen LogP contribution in [0.1, 0.15) is 46.0 Å². The molecule has 2 rings (SSSR count). The van der Waals surface area contributed by atoms with E-state index in [9.17, 15) is 4.79 Å². The molecule has 0 aromatic heterocycles. The second-order valence-corrected chi connectivity index (χ2v) is 6.71. The fourth-order valence-corrected chi connectivity index (χ4v) is 3.43. The van der Waals surface area contributed by atoms with E-state index >= 15 is 0 Å². The highest BCUT2D eigenvalue weighted by atomic mass is 127. The largest absolute Gasteiger partial charge is 0.352 e. The van der Waals surface area contributed by atoms with Gasteiger partial charge in [-0.1, -0.05) is 12.8 Å². The van der Waals surface area contributed by atoms with Crippen molar-refractivity contribution >= 4 is 35.8 Å². The summed E-state index contributed by atoms with van der Waals surface area (Å²) in [5, 5.41) is 9.41. The molecule has 0 aromatic rings. The SMILES string of the molecule is CN=C(NCC(=O)NC(C)C)NC1CCN(C2CCCC2)C1.I. The highest BCUT2D eigenvalue weighted by Crippen LogP contribution is 2.26. The fourth-order valence-electron chi connectivity index (χ4n) is 3.43. The van der Waals surface area contributed by atoms with Crippen LogP contribution in [0.4, 0.5) is 0 Å². The van der Waals surface area contributed by atoms with Crippen molar-refractivity contribution in [2.45, 2.75) is 64.1 Å². The molecule has 2 fully saturated rings. The summed E-state index contributed by atoms with van der Waals surface area (Å²) < 4.78 is 0. The van der Waals surface area contributed by atoms with E-state index in [0.29, 0.717) is 6.04 Å². The van der Waals surface area contributed by atoms with Crippen molar-refractivity contribution in [3.05, 3.63) is 0 Å². The van der Waals surface area contributed by atoms with E-state index in [-0.39, 0.29) is 42.5 Å². The van der Waals surface area contributed by atoms with Gasteiger partial charge < -0.3 is 16.0 Å². The molecule has 6 nitrogen and oxygen atoms in total. The van der Waals surface area contributed by atoms with Gasteiger partial charge in [0.25, 0.3) is 0 Å². The lowest BCUT2D eigenvalue weighted by molar-refractivity contribution is -0.120. The maximum atomic E-state index is 11.7. The van der Waals surface area contributed by atoms with E-state index in [4.69, 9.17) is 0 Å². The molecule has 1 aliphatic heterocycles. The molecule has 3 N–H and O–H groups in total. The van der Waals surface area contributed by atoms with Crippen LogP contribution in [0.3, 0.4) is 0 Å². The number of nitrogens with one attached hydrogen (secondary N) is 3. The standard InChI is InChI=1S/C16H31N5O.HI/c1-12(2)19-15(22)10-18-16(17-3)20-13-8-9-21(11-13)14-6-4-5-7-14;/h12-14H,4-11H2,1-3H3,(H,19,22)(H2,17,18,20);1H. The molecule has 0 radical (unpaired) electrons. The van der Waals surface area contributed by atoms with E-state index in [0.717, 1.165) is 25.0 Å². The first-order chi connectivity index (χ1) is 10.6. The molecule has 0 spiro atoms. The minimum atomic E-state index is -0.00282. The molecule has 1 saturated carbocycles. The summed E-state index contributed by atoms with van der Waals surface area (Å²) in [4.78, 5) is 18.5. The molecule has 134 valence electrons. The fraction of sp³-hybridized carbons (Fsp3) is 0.875. The molecule has 2 aliphatic rings. The lowest BCUT2D eigenvalue weighted by Crippen LogP contribution is -2.48. The van der Waals surface area contributed by atoms with Crippen LogP contribution < -0.4 is 16.0 Å². The van der Waals surface area contributed by atoms with Crippen LogP contribution in [0, 0.1) is 0 Å². The number of rotatable bonds is 5. The van der Waals surface area contributed by atoms with Gasteiger partial charge in [-0.3, -0.25) is 14.7 Å². The number of guanidine groups is 1. The van der Waals surface area contributed by atoms with Crippen LogP contribution in [0.5, 0.6) is 0 Å². The van der Waals surface area contributed by atoms with Crippen LogP contribution in [0.25, 0.3) is 0 Å². The Balaban J connectivity index is 0.00000264. The zero-order valence-electron chi connectivity index (χ0n) is 14.6. The van der Waals surface area contributed by atoms with Gasteiger partial charge in [0.1, 0.15) is 0 Å². The first-order valence-corrected chi connectivity index (χ1v) is 8.59. The van der Waals surface area contributed by atoms with Crippen LogP contribution in [0.15, 0.2) is 4.99 Å². The Morgan fingerprint density at radius 2 is 1.96 bits per heavy atom. The Labute approximate surface area is 157 Å². The van der Waals surface area contributed by atoms with Gasteiger partial charge in [-0.2, -0.15) is 0 Å². The molecule has 7 heteroatoms. The molecule has 0 aromatic carbocycles. The summed E-state index contributed by atoms with van der Waals surface area (Å²) in [5.74, 6) is 0.717. The van der Waals surface area contributed by atoms with Crippen molar-refractivity contribution in [1.82, 2.24) is 20.9 Å². The zero-order valence-corrected chi connectivity index (χ0v) is 16.9. The Morgan fingerprint density at radius 1 is 1.26 bits per heavy atom. The van der Waals surface area contributed by atoms with Gasteiger partial charge in [-0.25, -0.2) is 0 Å². The maximum Gasteiger partial charge on any atom is 0.239 e. The van der Waals surface area contributed by atoms with E-state index in [1.165, 1.54) is 32.2 Å². The molecule has 1 amide bonds. The molecule has 1 heterocycles. The number of hydrogen-bond acceptors (Lipinski definition) is 3. The third-order valence-electron chi connectivity index (χ3n) is 4.49. The van der Waals surface area contributed by atoms with E-state index in [1.54, 1.807) is 7.05 Å². The average molecular weight is 437 g/mol. The number of halogens is 1. The third-order valence-corrected chi connectivity index (χ3v) is 4.49. The smallest absolute Gasteiger partial charge is 0.239 e. The number of nitrogens with zero attached hydrogens (tertiary/aromatic N) is 2. The van der Waals surface area contributed by atoms with Gasteiger partial charge in [0.2, 0.25) is 5.91 Å². The molecule has 0 bridgehead atoms. The summed E-state index contributed by atoms with van der Waals surface area (Å²) >= 11 is 0. The van der Waals surface area contributed by atoms with Crippen molar-refractivity contribution < 1.29 is 4.79 Å². The number of carbonyl (C=O) groups excluding carboxylic acids is 1. The topological polar surface area (TPSA) is 68.8 Å². The van der Waals surface area contributed by atoms with Crippen molar-refractivity contribution in [2.75, 3.05) is 26.7 Å². The lowest BCUT2D eigenvalue weighted by Gasteiger charge is -2.24. The zero-order chi connectivity index (χ0) is 15.9. The van der Waals surface area contributed by atoms with Crippen LogP contribution in [0.2, 0.25) is 0 Å². The number of carbonyl (C=O) groups is 1. The van der Waals surface area contributed by atoms with Crippen LogP contribution in [-0.4, -0.2) is 61.6 Å². The number of likely N-dealkylation sites (tertiary alicyclic amines) is 1. The number of aliphatic imine (C=N–C) groups is 1. The summed E-state index contributed by atoms with van der Waals surface area (Å²) in [6.45, 7) is 6.44. The van der Waals surface area contributed by atoms with Gasteiger partial charge in [0.15, 0.2) is 5.96 Å². The molecule has 23 heavy (non-hydrogen) atoms. The minimum absolute atomic E-state index is 0. The highest BCUT2D eigenvalue weighted by molar-refractivity contribution is 14.0. The molecule has 1 atom stereocenters.